The van der Waals surface area contributed by atoms with E-state index in [-0.39, 0.29) is 18.8 Å². The van der Waals surface area contributed by atoms with E-state index in [2.05, 4.69) is 15.4 Å². The molecule has 0 aliphatic carbocycles. The van der Waals surface area contributed by atoms with Crippen LogP contribution in [0.2, 0.25) is 0 Å². The topological polar surface area (TPSA) is 113 Å². The Labute approximate surface area is 170 Å². The number of carbonyl (C=O) groups excluding carboxylic acids is 1. The SMILES string of the molecule is O=C(NC[C@@H]1O[C@@H](CO)[C@@H](O)[C@@H]1N1CCOCC1)Nc1ccc(OC(F)(F)F)cc1. The van der Waals surface area contributed by atoms with Crippen molar-refractivity contribution in [3.8, 4) is 5.75 Å². The lowest BCUT2D eigenvalue weighted by atomic mass is 10.0. The summed E-state index contributed by atoms with van der Waals surface area (Å²) in [6, 6.07) is 3.71. The first kappa shape index (κ1) is 22.6. The minimum Gasteiger partial charge on any atom is -0.406 e. The lowest BCUT2D eigenvalue weighted by molar-refractivity contribution is -0.274. The molecule has 4 N–H and O–H groups in total. The van der Waals surface area contributed by atoms with Crippen molar-refractivity contribution >= 4 is 11.7 Å². The molecule has 0 bridgehead atoms. The van der Waals surface area contributed by atoms with Gasteiger partial charge in [-0.2, -0.15) is 0 Å². The molecule has 2 aliphatic rings. The standard InChI is InChI=1S/C18H24F3N3O6/c19-18(20,21)30-12-3-1-11(2-4-12)23-17(27)22-9-13-15(16(26)14(10-25)29-13)24-5-7-28-8-6-24/h1-4,13-16,25-26H,5-10H2,(H2,22,23,27)/t13-,14-,15+,16+/m0/s1. The molecule has 2 heterocycles. The van der Waals surface area contributed by atoms with E-state index < -0.39 is 42.5 Å². The summed E-state index contributed by atoms with van der Waals surface area (Å²) in [7, 11) is 0. The second-order valence-corrected chi connectivity index (χ2v) is 6.93. The summed E-state index contributed by atoms with van der Waals surface area (Å²) < 4.78 is 51.4. The van der Waals surface area contributed by atoms with Crippen molar-refractivity contribution in [1.29, 1.82) is 0 Å². The van der Waals surface area contributed by atoms with Crippen LogP contribution in [0.1, 0.15) is 0 Å². The highest BCUT2D eigenvalue weighted by atomic mass is 19.4. The van der Waals surface area contributed by atoms with Crippen LogP contribution < -0.4 is 15.4 Å². The number of urea groups is 1. The zero-order valence-electron chi connectivity index (χ0n) is 16.0. The predicted octanol–water partition coefficient (Wildman–Crippen LogP) is 0.528. The highest BCUT2D eigenvalue weighted by Crippen LogP contribution is 2.27. The van der Waals surface area contributed by atoms with Crippen LogP contribution in [0.3, 0.4) is 0 Å². The maximum atomic E-state index is 12.2. The molecule has 1 aromatic rings. The second kappa shape index (κ2) is 9.79. The van der Waals surface area contributed by atoms with Gasteiger partial charge < -0.3 is 35.1 Å². The molecular formula is C18H24F3N3O6. The first-order valence-electron chi connectivity index (χ1n) is 9.43. The van der Waals surface area contributed by atoms with Crippen LogP contribution in [-0.4, -0.2) is 91.3 Å². The van der Waals surface area contributed by atoms with E-state index in [1.807, 2.05) is 4.90 Å². The number of halogens is 3. The van der Waals surface area contributed by atoms with Crippen LogP contribution >= 0.6 is 0 Å². The van der Waals surface area contributed by atoms with Crippen molar-refractivity contribution in [1.82, 2.24) is 10.2 Å². The van der Waals surface area contributed by atoms with E-state index in [1.54, 1.807) is 0 Å². The number of hydrogen-bond donors (Lipinski definition) is 4. The number of aliphatic hydroxyl groups excluding tert-OH is 2. The lowest BCUT2D eigenvalue weighted by Gasteiger charge is -2.36. The van der Waals surface area contributed by atoms with Gasteiger partial charge in [0.15, 0.2) is 0 Å². The molecule has 30 heavy (non-hydrogen) atoms. The maximum absolute atomic E-state index is 12.2. The molecule has 2 fully saturated rings. The van der Waals surface area contributed by atoms with Crippen LogP contribution in [0.5, 0.6) is 5.75 Å². The average Bonchev–Trinajstić information content (AvgIpc) is 3.03. The van der Waals surface area contributed by atoms with Gasteiger partial charge in [0, 0.05) is 25.3 Å². The molecule has 0 saturated carbocycles. The molecule has 1 aromatic carbocycles. The van der Waals surface area contributed by atoms with Gasteiger partial charge >= 0.3 is 12.4 Å². The zero-order chi connectivity index (χ0) is 21.7. The van der Waals surface area contributed by atoms with Crippen molar-refractivity contribution < 1.29 is 42.4 Å². The van der Waals surface area contributed by atoms with Crippen molar-refractivity contribution in [3.05, 3.63) is 24.3 Å². The van der Waals surface area contributed by atoms with E-state index in [0.717, 1.165) is 12.1 Å². The number of morpholine rings is 1. The van der Waals surface area contributed by atoms with Crippen LogP contribution in [-0.2, 0) is 9.47 Å². The van der Waals surface area contributed by atoms with Gasteiger partial charge in [0.1, 0.15) is 18.0 Å². The van der Waals surface area contributed by atoms with Crippen molar-refractivity contribution in [2.24, 2.45) is 0 Å². The number of hydrogen-bond acceptors (Lipinski definition) is 7. The zero-order valence-corrected chi connectivity index (χ0v) is 16.0. The van der Waals surface area contributed by atoms with Gasteiger partial charge in [0.2, 0.25) is 0 Å². The van der Waals surface area contributed by atoms with Crippen LogP contribution in [0.4, 0.5) is 23.7 Å². The summed E-state index contributed by atoms with van der Waals surface area (Å²) in [5.41, 5.74) is 0.271. The molecule has 0 aromatic heterocycles. The Kier molecular flexibility index (Phi) is 7.36. The summed E-state index contributed by atoms with van der Waals surface area (Å²) in [5, 5.41) is 25.0. The van der Waals surface area contributed by atoms with Gasteiger partial charge in [-0.15, -0.1) is 13.2 Å². The summed E-state index contributed by atoms with van der Waals surface area (Å²) in [5.74, 6) is -0.398. The van der Waals surface area contributed by atoms with Gasteiger partial charge in [-0.05, 0) is 24.3 Å². The minimum atomic E-state index is -4.79. The number of amides is 2. The van der Waals surface area contributed by atoms with Gasteiger partial charge in [0.25, 0.3) is 0 Å². The van der Waals surface area contributed by atoms with Crippen LogP contribution in [0.15, 0.2) is 24.3 Å². The molecule has 0 unspecified atom stereocenters. The second-order valence-electron chi connectivity index (χ2n) is 6.93. The molecule has 2 saturated heterocycles. The van der Waals surface area contributed by atoms with Gasteiger partial charge in [0.05, 0.1) is 32.0 Å². The monoisotopic (exact) mass is 435 g/mol. The Hall–Kier alpha value is -2.12. The van der Waals surface area contributed by atoms with E-state index in [0.29, 0.717) is 26.3 Å². The van der Waals surface area contributed by atoms with E-state index >= 15 is 0 Å². The highest BCUT2D eigenvalue weighted by Gasteiger charge is 2.46. The Morgan fingerprint density at radius 1 is 1.20 bits per heavy atom. The third-order valence-electron chi connectivity index (χ3n) is 4.92. The Bertz CT molecular complexity index is 699. The number of nitrogens with one attached hydrogen (secondary N) is 2. The Morgan fingerprint density at radius 2 is 1.87 bits per heavy atom. The average molecular weight is 435 g/mol. The number of benzene rings is 1. The van der Waals surface area contributed by atoms with E-state index in [9.17, 15) is 28.2 Å². The molecule has 12 heteroatoms. The number of carbonyl (C=O) groups is 1. The van der Waals surface area contributed by atoms with Gasteiger partial charge in [-0.1, -0.05) is 0 Å². The van der Waals surface area contributed by atoms with Crippen LogP contribution in [0.25, 0.3) is 0 Å². The third-order valence-corrected chi connectivity index (χ3v) is 4.92. The van der Waals surface area contributed by atoms with E-state index in [1.165, 1.54) is 12.1 Å². The summed E-state index contributed by atoms with van der Waals surface area (Å²) in [4.78, 5) is 14.2. The minimum absolute atomic E-state index is 0.0662. The van der Waals surface area contributed by atoms with Crippen molar-refractivity contribution in [2.45, 2.75) is 30.7 Å². The number of nitrogens with zero attached hydrogens (tertiary/aromatic N) is 1. The maximum Gasteiger partial charge on any atom is 0.573 e. The molecule has 3 rings (SSSR count). The molecule has 2 aliphatic heterocycles. The lowest BCUT2D eigenvalue weighted by Crippen LogP contribution is -2.54. The number of aliphatic hydroxyl groups is 2. The molecule has 2 amide bonds. The number of anilines is 1. The Balaban J connectivity index is 1.53. The molecule has 4 atom stereocenters. The molecule has 0 spiro atoms. The first-order valence-corrected chi connectivity index (χ1v) is 9.43. The number of alkyl halides is 3. The third kappa shape index (κ3) is 5.95. The summed E-state index contributed by atoms with van der Waals surface area (Å²) in [6.07, 6.45) is -7.01. The first-order chi connectivity index (χ1) is 14.3. The van der Waals surface area contributed by atoms with Crippen molar-refractivity contribution in [2.75, 3.05) is 44.8 Å². The smallest absolute Gasteiger partial charge is 0.406 e. The molecule has 0 radical (unpaired) electrons. The summed E-state index contributed by atoms with van der Waals surface area (Å²) >= 11 is 0. The molecule has 9 nitrogen and oxygen atoms in total. The largest absolute Gasteiger partial charge is 0.573 e. The Morgan fingerprint density at radius 3 is 2.47 bits per heavy atom. The molecular weight excluding hydrogens is 411 g/mol. The number of ether oxygens (including phenoxy) is 3. The van der Waals surface area contributed by atoms with Gasteiger partial charge in [-0.25, -0.2) is 4.79 Å². The predicted molar refractivity (Wildman–Crippen MR) is 98.1 cm³/mol. The fourth-order valence-corrected chi connectivity index (χ4v) is 3.58. The van der Waals surface area contributed by atoms with Crippen molar-refractivity contribution in [3.63, 3.8) is 0 Å². The fraction of sp³-hybridized carbons (Fsp3) is 0.611. The molecule has 168 valence electrons. The highest BCUT2D eigenvalue weighted by molar-refractivity contribution is 5.89. The van der Waals surface area contributed by atoms with Crippen LogP contribution in [0, 0.1) is 0 Å². The van der Waals surface area contributed by atoms with Gasteiger partial charge in [-0.3, -0.25) is 4.90 Å². The fourth-order valence-electron chi connectivity index (χ4n) is 3.58. The van der Waals surface area contributed by atoms with E-state index in [4.69, 9.17) is 9.47 Å². The summed E-state index contributed by atoms with van der Waals surface area (Å²) in [6.45, 7) is 1.94. The normalized spacial score (nSPS) is 27.6. The number of rotatable bonds is 6. The quantitative estimate of drug-likeness (QED) is 0.516.